The zero-order valence-corrected chi connectivity index (χ0v) is 11.8. The van der Waals surface area contributed by atoms with Crippen molar-refractivity contribution < 1.29 is 5.11 Å². The van der Waals surface area contributed by atoms with Gasteiger partial charge in [-0.15, -0.1) is 0 Å². The van der Waals surface area contributed by atoms with Crippen LogP contribution >= 0.6 is 0 Å². The SMILES string of the molecule is CC(C)C1CCN(C(C)c2ccccc2O)CC1. The first-order chi connectivity index (χ1) is 8.59. The maximum Gasteiger partial charge on any atom is 0.120 e. The third-order valence-corrected chi connectivity index (χ3v) is 4.45. The first-order valence-electron chi connectivity index (χ1n) is 7.11. The van der Waals surface area contributed by atoms with Gasteiger partial charge in [-0.1, -0.05) is 32.0 Å². The van der Waals surface area contributed by atoms with Crippen molar-refractivity contribution in [2.75, 3.05) is 13.1 Å². The maximum absolute atomic E-state index is 9.93. The standard InChI is InChI=1S/C16H25NO/c1-12(2)14-8-10-17(11-9-14)13(3)15-6-4-5-7-16(15)18/h4-7,12-14,18H,8-11H2,1-3H3. The summed E-state index contributed by atoms with van der Waals surface area (Å²) < 4.78 is 0. The largest absolute Gasteiger partial charge is 0.508 e. The second-order valence-corrected chi connectivity index (χ2v) is 5.85. The van der Waals surface area contributed by atoms with E-state index in [0.29, 0.717) is 11.8 Å². The fourth-order valence-electron chi connectivity index (χ4n) is 3.01. The Bertz CT molecular complexity index is 380. The number of piperidine rings is 1. The van der Waals surface area contributed by atoms with Gasteiger partial charge in [0.05, 0.1) is 0 Å². The minimum Gasteiger partial charge on any atom is -0.508 e. The van der Waals surface area contributed by atoms with Crippen LogP contribution < -0.4 is 0 Å². The van der Waals surface area contributed by atoms with Crippen LogP contribution in [0.3, 0.4) is 0 Å². The molecule has 1 aromatic rings. The van der Waals surface area contributed by atoms with E-state index in [2.05, 4.69) is 25.7 Å². The Morgan fingerprint density at radius 1 is 1.11 bits per heavy atom. The summed E-state index contributed by atoms with van der Waals surface area (Å²) in [5, 5.41) is 9.93. The summed E-state index contributed by atoms with van der Waals surface area (Å²) in [5.41, 5.74) is 1.06. The number of para-hydroxylation sites is 1. The van der Waals surface area contributed by atoms with Crippen molar-refractivity contribution in [3.63, 3.8) is 0 Å². The summed E-state index contributed by atoms with van der Waals surface area (Å²) in [5.74, 6) is 2.10. The summed E-state index contributed by atoms with van der Waals surface area (Å²) in [6.45, 7) is 9.15. The molecule has 1 saturated heterocycles. The molecule has 0 bridgehead atoms. The highest BCUT2D eigenvalue weighted by Crippen LogP contribution is 2.32. The average Bonchev–Trinajstić information content (AvgIpc) is 2.38. The van der Waals surface area contributed by atoms with Crippen molar-refractivity contribution in [3.8, 4) is 5.75 Å². The van der Waals surface area contributed by atoms with E-state index in [0.717, 1.165) is 30.5 Å². The van der Waals surface area contributed by atoms with Crippen LogP contribution in [0.2, 0.25) is 0 Å². The van der Waals surface area contributed by atoms with E-state index in [1.165, 1.54) is 12.8 Å². The molecule has 0 spiro atoms. The zero-order chi connectivity index (χ0) is 13.1. The van der Waals surface area contributed by atoms with Gasteiger partial charge in [-0.2, -0.15) is 0 Å². The number of benzene rings is 1. The van der Waals surface area contributed by atoms with E-state index in [-0.39, 0.29) is 0 Å². The maximum atomic E-state index is 9.93. The predicted octanol–water partition coefficient (Wildman–Crippen LogP) is 3.82. The lowest BCUT2D eigenvalue weighted by atomic mass is 9.86. The van der Waals surface area contributed by atoms with E-state index in [1.54, 1.807) is 6.07 Å². The smallest absolute Gasteiger partial charge is 0.120 e. The first-order valence-corrected chi connectivity index (χ1v) is 7.11. The summed E-state index contributed by atoms with van der Waals surface area (Å²) in [6.07, 6.45) is 2.57. The summed E-state index contributed by atoms with van der Waals surface area (Å²) >= 11 is 0. The number of phenols is 1. The van der Waals surface area contributed by atoms with Crippen molar-refractivity contribution in [2.24, 2.45) is 11.8 Å². The van der Waals surface area contributed by atoms with Crippen LogP contribution in [-0.2, 0) is 0 Å². The van der Waals surface area contributed by atoms with E-state index in [4.69, 9.17) is 0 Å². The minimum atomic E-state index is 0.319. The van der Waals surface area contributed by atoms with Crippen LogP contribution in [0.15, 0.2) is 24.3 Å². The second kappa shape index (κ2) is 5.75. The number of likely N-dealkylation sites (tertiary alicyclic amines) is 1. The highest BCUT2D eigenvalue weighted by Gasteiger charge is 2.25. The third-order valence-electron chi connectivity index (χ3n) is 4.45. The molecule has 2 heteroatoms. The van der Waals surface area contributed by atoms with Crippen LogP contribution in [0.4, 0.5) is 0 Å². The summed E-state index contributed by atoms with van der Waals surface area (Å²) in [4.78, 5) is 2.49. The van der Waals surface area contributed by atoms with Gasteiger partial charge in [0, 0.05) is 11.6 Å². The van der Waals surface area contributed by atoms with E-state index in [1.807, 2.05) is 18.2 Å². The molecular weight excluding hydrogens is 222 g/mol. The minimum absolute atomic E-state index is 0.319. The van der Waals surface area contributed by atoms with Gasteiger partial charge in [0.25, 0.3) is 0 Å². The molecule has 1 unspecified atom stereocenters. The molecule has 1 heterocycles. The van der Waals surface area contributed by atoms with Gasteiger partial charge in [-0.3, -0.25) is 4.90 Å². The van der Waals surface area contributed by atoms with E-state index in [9.17, 15) is 5.11 Å². The van der Waals surface area contributed by atoms with E-state index >= 15 is 0 Å². The van der Waals surface area contributed by atoms with Gasteiger partial charge < -0.3 is 5.11 Å². The van der Waals surface area contributed by atoms with Crippen LogP contribution in [0, 0.1) is 11.8 Å². The number of rotatable bonds is 3. The molecule has 0 aromatic heterocycles. The van der Waals surface area contributed by atoms with Crippen molar-refractivity contribution in [3.05, 3.63) is 29.8 Å². The van der Waals surface area contributed by atoms with Gasteiger partial charge in [0.15, 0.2) is 0 Å². The summed E-state index contributed by atoms with van der Waals surface area (Å²) in [7, 11) is 0. The Morgan fingerprint density at radius 2 is 1.72 bits per heavy atom. The Morgan fingerprint density at radius 3 is 2.28 bits per heavy atom. The molecule has 1 atom stereocenters. The van der Waals surface area contributed by atoms with E-state index < -0.39 is 0 Å². The quantitative estimate of drug-likeness (QED) is 0.877. The molecule has 100 valence electrons. The topological polar surface area (TPSA) is 23.5 Å². The van der Waals surface area contributed by atoms with Gasteiger partial charge in [0.1, 0.15) is 5.75 Å². The second-order valence-electron chi connectivity index (χ2n) is 5.85. The van der Waals surface area contributed by atoms with Crippen molar-refractivity contribution >= 4 is 0 Å². The number of hydrogen-bond acceptors (Lipinski definition) is 2. The van der Waals surface area contributed by atoms with Crippen molar-refractivity contribution in [1.82, 2.24) is 4.90 Å². The van der Waals surface area contributed by atoms with Crippen molar-refractivity contribution in [1.29, 1.82) is 0 Å². The predicted molar refractivity (Wildman–Crippen MR) is 75.7 cm³/mol. The molecule has 2 nitrogen and oxygen atoms in total. The van der Waals surface area contributed by atoms with Crippen molar-refractivity contribution in [2.45, 2.75) is 39.7 Å². The molecule has 1 aliphatic rings. The van der Waals surface area contributed by atoms with Gasteiger partial charge in [-0.05, 0) is 50.8 Å². The lowest BCUT2D eigenvalue weighted by molar-refractivity contribution is 0.121. The molecule has 0 radical (unpaired) electrons. The Hall–Kier alpha value is -1.02. The normalized spacial score (nSPS) is 20.2. The molecule has 1 aromatic carbocycles. The summed E-state index contributed by atoms with van der Waals surface area (Å²) in [6, 6.07) is 8.03. The molecular formula is C16H25NO. The average molecular weight is 247 g/mol. The molecule has 18 heavy (non-hydrogen) atoms. The molecule has 0 amide bonds. The van der Waals surface area contributed by atoms with Crippen LogP contribution in [0.1, 0.15) is 45.2 Å². The highest BCUT2D eigenvalue weighted by molar-refractivity contribution is 5.34. The molecule has 1 N–H and O–H groups in total. The molecule has 1 aliphatic heterocycles. The van der Waals surface area contributed by atoms with Crippen LogP contribution in [0.5, 0.6) is 5.75 Å². The Kier molecular flexibility index (Phi) is 4.28. The number of nitrogens with zero attached hydrogens (tertiary/aromatic N) is 1. The van der Waals surface area contributed by atoms with Gasteiger partial charge in [0.2, 0.25) is 0 Å². The fourth-order valence-corrected chi connectivity index (χ4v) is 3.01. The zero-order valence-electron chi connectivity index (χ0n) is 11.8. The number of phenolic OH excluding ortho intramolecular Hbond substituents is 1. The number of aromatic hydroxyl groups is 1. The number of hydrogen-bond donors (Lipinski definition) is 1. The van der Waals surface area contributed by atoms with Gasteiger partial charge in [-0.25, -0.2) is 0 Å². The molecule has 1 fully saturated rings. The van der Waals surface area contributed by atoms with Crippen LogP contribution in [-0.4, -0.2) is 23.1 Å². The Labute approximate surface area is 111 Å². The van der Waals surface area contributed by atoms with Crippen LogP contribution in [0.25, 0.3) is 0 Å². The molecule has 0 aliphatic carbocycles. The monoisotopic (exact) mass is 247 g/mol. The van der Waals surface area contributed by atoms with Gasteiger partial charge >= 0.3 is 0 Å². The Balaban J connectivity index is 2.00. The lowest BCUT2D eigenvalue weighted by Crippen LogP contribution is -2.36. The highest BCUT2D eigenvalue weighted by atomic mass is 16.3. The first kappa shape index (κ1) is 13.4. The fraction of sp³-hybridized carbons (Fsp3) is 0.625. The third kappa shape index (κ3) is 2.86. The molecule has 0 saturated carbocycles. The lowest BCUT2D eigenvalue weighted by Gasteiger charge is -2.37. The molecule has 2 rings (SSSR count).